The summed E-state index contributed by atoms with van der Waals surface area (Å²) >= 11 is 3.78. The minimum Gasteiger partial charge on any atom is -0.378 e. The summed E-state index contributed by atoms with van der Waals surface area (Å²) in [5, 5.41) is 0. The van der Waals surface area contributed by atoms with Gasteiger partial charge in [-0.1, -0.05) is 15.9 Å². The zero-order valence-electron chi connectivity index (χ0n) is 11.9. The third-order valence-corrected chi connectivity index (χ3v) is 4.84. The molecule has 0 heterocycles. The second-order valence-corrected chi connectivity index (χ2v) is 6.68. The number of hydrogen-bond donors (Lipinski definition) is 0. The van der Waals surface area contributed by atoms with Crippen molar-refractivity contribution < 1.29 is 9.13 Å². The molecule has 0 spiro atoms. The van der Waals surface area contributed by atoms with Crippen molar-refractivity contribution >= 4 is 15.9 Å². The molecule has 1 saturated carbocycles. The molecule has 1 aliphatic rings. The minimum atomic E-state index is -0.140. The van der Waals surface area contributed by atoms with Gasteiger partial charge in [0.25, 0.3) is 0 Å². The smallest absolute Gasteiger partial charge is 0.123 e. The summed E-state index contributed by atoms with van der Waals surface area (Å²) in [5.41, 5.74) is 3.33. The molecule has 1 aromatic rings. The van der Waals surface area contributed by atoms with E-state index in [1.807, 2.05) is 20.8 Å². The van der Waals surface area contributed by atoms with E-state index in [1.54, 1.807) is 12.1 Å². The molecule has 0 aromatic heterocycles. The maximum atomic E-state index is 13.3. The van der Waals surface area contributed by atoms with Crippen LogP contribution in [-0.2, 0) is 4.74 Å². The predicted octanol–water partition coefficient (Wildman–Crippen LogP) is 5.08. The van der Waals surface area contributed by atoms with Crippen LogP contribution in [-0.4, -0.2) is 12.7 Å². The normalized spacial score (nSPS) is 24.1. The Morgan fingerprint density at radius 3 is 2.42 bits per heavy atom. The van der Waals surface area contributed by atoms with E-state index in [1.165, 1.54) is 5.56 Å². The van der Waals surface area contributed by atoms with Crippen molar-refractivity contribution in [3.63, 3.8) is 0 Å². The van der Waals surface area contributed by atoms with Gasteiger partial charge in [-0.05, 0) is 74.8 Å². The van der Waals surface area contributed by atoms with Crippen LogP contribution in [0.25, 0.3) is 0 Å². The van der Waals surface area contributed by atoms with Crippen molar-refractivity contribution in [1.82, 2.24) is 0 Å². The number of ether oxygens (including phenoxy) is 1. The van der Waals surface area contributed by atoms with Crippen LogP contribution in [0, 0.1) is 25.6 Å². The van der Waals surface area contributed by atoms with Crippen LogP contribution in [0.5, 0.6) is 0 Å². The molecular formula is C16H22BrFO. The zero-order valence-corrected chi connectivity index (χ0v) is 13.5. The van der Waals surface area contributed by atoms with Crippen molar-refractivity contribution in [2.75, 3.05) is 6.61 Å². The van der Waals surface area contributed by atoms with E-state index in [4.69, 9.17) is 4.74 Å². The fraction of sp³-hybridized carbons (Fsp3) is 0.625. The molecule has 1 aliphatic carbocycles. The largest absolute Gasteiger partial charge is 0.378 e. The number of hydrogen-bond acceptors (Lipinski definition) is 1. The quantitative estimate of drug-likeness (QED) is 0.684. The van der Waals surface area contributed by atoms with Crippen molar-refractivity contribution in [2.45, 2.75) is 51.0 Å². The lowest BCUT2D eigenvalue weighted by atomic mass is 9.78. The monoisotopic (exact) mass is 328 g/mol. The number of aryl methyl sites for hydroxylation is 2. The highest BCUT2D eigenvalue weighted by Crippen LogP contribution is 2.41. The van der Waals surface area contributed by atoms with Crippen LogP contribution < -0.4 is 0 Å². The second-order valence-electron chi connectivity index (χ2n) is 5.57. The Bertz CT molecular complexity index is 417. The molecule has 106 valence electrons. The molecule has 1 fully saturated rings. The molecule has 0 amide bonds. The lowest BCUT2D eigenvalue weighted by molar-refractivity contribution is -0.0264. The Hall–Kier alpha value is -0.410. The van der Waals surface area contributed by atoms with E-state index in [0.717, 1.165) is 42.9 Å². The molecule has 1 nitrogen and oxygen atoms in total. The molecule has 1 atom stereocenters. The van der Waals surface area contributed by atoms with Crippen molar-refractivity contribution in [3.8, 4) is 0 Å². The van der Waals surface area contributed by atoms with E-state index >= 15 is 0 Å². The molecule has 2 rings (SSSR count). The molecule has 0 radical (unpaired) electrons. The maximum Gasteiger partial charge on any atom is 0.123 e. The van der Waals surface area contributed by atoms with Gasteiger partial charge in [0.15, 0.2) is 0 Å². The predicted molar refractivity (Wildman–Crippen MR) is 80.3 cm³/mol. The van der Waals surface area contributed by atoms with Gasteiger partial charge in [-0.15, -0.1) is 0 Å². The molecule has 3 heteroatoms. The van der Waals surface area contributed by atoms with Crippen LogP contribution in [0.4, 0.5) is 4.39 Å². The Balaban J connectivity index is 1.96. The molecule has 1 unspecified atom stereocenters. The molecule has 0 N–H and O–H groups in total. The van der Waals surface area contributed by atoms with Crippen LogP contribution in [0.3, 0.4) is 0 Å². The first-order valence-electron chi connectivity index (χ1n) is 7.03. The van der Waals surface area contributed by atoms with E-state index < -0.39 is 0 Å². The summed E-state index contributed by atoms with van der Waals surface area (Å²) in [6, 6.07) is 3.25. The molecular weight excluding hydrogens is 307 g/mol. The van der Waals surface area contributed by atoms with Crippen molar-refractivity contribution in [3.05, 3.63) is 34.6 Å². The van der Waals surface area contributed by atoms with Gasteiger partial charge >= 0.3 is 0 Å². The van der Waals surface area contributed by atoms with E-state index in [9.17, 15) is 4.39 Å². The lowest BCUT2D eigenvalue weighted by Crippen LogP contribution is -2.32. The van der Waals surface area contributed by atoms with E-state index in [2.05, 4.69) is 15.9 Å². The maximum absolute atomic E-state index is 13.3. The first kappa shape index (κ1) is 15.0. The fourth-order valence-electron chi connectivity index (χ4n) is 3.07. The highest BCUT2D eigenvalue weighted by atomic mass is 79.9. The molecule has 0 aliphatic heterocycles. The van der Waals surface area contributed by atoms with Gasteiger partial charge in [0.05, 0.1) is 6.10 Å². The highest BCUT2D eigenvalue weighted by molar-refractivity contribution is 9.09. The van der Waals surface area contributed by atoms with Crippen LogP contribution in [0.2, 0.25) is 0 Å². The van der Waals surface area contributed by atoms with Crippen LogP contribution in [0.15, 0.2) is 12.1 Å². The molecule has 0 saturated heterocycles. The average Bonchev–Trinajstić information content (AvgIpc) is 2.24. The fourth-order valence-corrected chi connectivity index (χ4v) is 4.32. The average molecular weight is 329 g/mol. The second kappa shape index (κ2) is 6.36. The summed E-state index contributed by atoms with van der Waals surface area (Å²) in [7, 11) is 0. The Morgan fingerprint density at radius 2 is 1.89 bits per heavy atom. The lowest BCUT2D eigenvalue weighted by Gasteiger charge is -2.36. The number of alkyl halides is 1. The first-order chi connectivity index (χ1) is 9.01. The van der Waals surface area contributed by atoms with E-state index in [-0.39, 0.29) is 5.82 Å². The number of halogens is 2. The van der Waals surface area contributed by atoms with Crippen molar-refractivity contribution in [1.29, 1.82) is 0 Å². The number of rotatable bonds is 5. The summed E-state index contributed by atoms with van der Waals surface area (Å²) in [6.45, 7) is 6.84. The standard InChI is InChI=1S/C16H22BrFO/c1-4-19-14-7-12(8-14)9-15(17)16-10(2)5-13(18)6-11(16)3/h5-6,12,14-15H,4,7-9H2,1-3H3. The van der Waals surface area contributed by atoms with Gasteiger partial charge < -0.3 is 4.74 Å². The van der Waals surface area contributed by atoms with Crippen LogP contribution in [0.1, 0.15) is 47.7 Å². The van der Waals surface area contributed by atoms with Gasteiger partial charge in [0.2, 0.25) is 0 Å². The summed E-state index contributed by atoms with van der Waals surface area (Å²) < 4.78 is 18.9. The summed E-state index contributed by atoms with van der Waals surface area (Å²) in [6.07, 6.45) is 3.89. The van der Waals surface area contributed by atoms with E-state index in [0.29, 0.717) is 10.9 Å². The van der Waals surface area contributed by atoms with Crippen LogP contribution >= 0.6 is 15.9 Å². The SMILES string of the molecule is CCOC1CC(CC(Br)c2c(C)cc(F)cc2C)C1. The minimum absolute atomic E-state index is 0.140. The Morgan fingerprint density at radius 1 is 1.32 bits per heavy atom. The van der Waals surface area contributed by atoms with Gasteiger partial charge in [0.1, 0.15) is 5.82 Å². The molecule has 0 bridgehead atoms. The van der Waals surface area contributed by atoms with Gasteiger partial charge in [-0.3, -0.25) is 0 Å². The van der Waals surface area contributed by atoms with Gasteiger partial charge in [0, 0.05) is 11.4 Å². The Kier molecular flexibility index (Phi) is 5.02. The highest BCUT2D eigenvalue weighted by Gasteiger charge is 2.31. The summed E-state index contributed by atoms with van der Waals surface area (Å²) in [5.74, 6) is 0.586. The number of benzene rings is 1. The third kappa shape index (κ3) is 3.57. The molecule has 1 aromatic carbocycles. The third-order valence-electron chi connectivity index (χ3n) is 4.01. The zero-order chi connectivity index (χ0) is 14.0. The topological polar surface area (TPSA) is 9.23 Å². The van der Waals surface area contributed by atoms with Gasteiger partial charge in [-0.2, -0.15) is 0 Å². The molecule has 19 heavy (non-hydrogen) atoms. The first-order valence-corrected chi connectivity index (χ1v) is 7.95. The summed E-state index contributed by atoms with van der Waals surface area (Å²) in [4.78, 5) is 0.320. The Labute approximate surface area is 123 Å². The van der Waals surface area contributed by atoms with Crippen molar-refractivity contribution in [2.24, 2.45) is 5.92 Å². The van der Waals surface area contributed by atoms with Gasteiger partial charge in [-0.25, -0.2) is 4.39 Å².